The van der Waals surface area contributed by atoms with Gasteiger partial charge >= 0.3 is 0 Å². The number of halogens is 1. The molecule has 170 valence electrons. The summed E-state index contributed by atoms with van der Waals surface area (Å²) >= 11 is 0. The normalized spacial score (nSPS) is 12.1. The van der Waals surface area contributed by atoms with Crippen molar-refractivity contribution in [2.45, 2.75) is 25.8 Å². The van der Waals surface area contributed by atoms with Gasteiger partial charge in [0, 0.05) is 49.6 Å². The molecule has 3 aromatic carbocycles. The van der Waals surface area contributed by atoms with Gasteiger partial charge in [0.15, 0.2) is 0 Å². The Hall–Kier alpha value is -3.44. The van der Waals surface area contributed by atoms with Crippen molar-refractivity contribution in [2.24, 2.45) is 0 Å². The number of nitrogens with one attached hydrogen (secondary N) is 1. The average Bonchev–Trinajstić information content (AvgIpc) is 3.18. The van der Waals surface area contributed by atoms with E-state index in [1.165, 1.54) is 11.6 Å². The highest BCUT2D eigenvalue weighted by atomic mass is 19.1. The van der Waals surface area contributed by atoms with E-state index in [0.717, 1.165) is 22.0 Å². The molecule has 0 radical (unpaired) electrons. The van der Waals surface area contributed by atoms with Crippen LogP contribution < -0.4 is 5.32 Å². The molecule has 0 aliphatic heterocycles. The van der Waals surface area contributed by atoms with Gasteiger partial charge in [-0.25, -0.2) is 4.39 Å². The van der Waals surface area contributed by atoms with Gasteiger partial charge in [-0.1, -0.05) is 66.2 Å². The van der Waals surface area contributed by atoms with Crippen LogP contribution in [0.3, 0.4) is 0 Å². The lowest BCUT2D eigenvalue weighted by molar-refractivity contribution is -0.121. The van der Waals surface area contributed by atoms with Gasteiger partial charge in [0.2, 0.25) is 5.91 Å². The zero-order valence-corrected chi connectivity index (χ0v) is 19.1. The number of carbonyl (C=O) groups excluding carboxylic acids is 1. The van der Waals surface area contributed by atoms with Gasteiger partial charge in [-0.3, -0.25) is 4.79 Å². The first kappa shape index (κ1) is 22.7. The van der Waals surface area contributed by atoms with E-state index in [0.29, 0.717) is 25.3 Å². The highest BCUT2D eigenvalue weighted by Crippen LogP contribution is 2.36. The molecule has 1 heterocycles. The zero-order chi connectivity index (χ0) is 23.2. The van der Waals surface area contributed by atoms with Crippen molar-refractivity contribution in [1.82, 2.24) is 9.88 Å². The van der Waals surface area contributed by atoms with Gasteiger partial charge in [0.05, 0.1) is 6.61 Å². The van der Waals surface area contributed by atoms with E-state index in [2.05, 4.69) is 40.3 Å². The van der Waals surface area contributed by atoms with Crippen molar-refractivity contribution in [3.63, 3.8) is 0 Å². The second kappa shape index (κ2) is 10.5. The van der Waals surface area contributed by atoms with Crippen molar-refractivity contribution in [1.29, 1.82) is 0 Å². The van der Waals surface area contributed by atoms with E-state index in [9.17, 15) is 4.79 Å². The first-order valence-corrected chi connectivity index (χ1v) is 11.2. The largest absolute Gasteiger partial charge is 0.383 e. The number of ether oxygens (including phenoxy) is 1. The number of fused-ring (bicyclic) bond motifs is 1. The molecule has 4 rings (SSSR count). The summed E-state index contributed by atoms with van der Waals surface area (Å²) in [5, 5.41) is 3.92. The summed E-state index contributed by atoms with van der Waals surface area (Å²) in [7, 11) is 1.60. The van der Waals surface area contributed by atoms with Crippen LogP contribution in [0.2, 0.25) is 0 Å². The van der Waals surface area contributed by atoms with E-state index in [4.69, 9.17) is 4.74 Å². The SMILES string of the molecule is COCCNC(=O)CC(c1cc(C)ccc1F)c1cn(Cc2ccccc2)c2ccccc12. The van der Waals surface area contributed by atoms with E-state index in [-0.39, 0.29) is 18.1 Å². The molecule has 0 saturated heterocycles. The van der Waals surface area contributed by atoms with Gasteiger partial charge in [0.1, 0.15) is 5.82 Å². The van der Waals surface area contributed by atoms with Crippen LogP contribution in [-0.4, -0.2) is 30.7 Å². The topological polar surface area (TPSA) is 43.3 Å². The number of aryl methyl sites for hydroxylation is 1. The summed E-state index contributed by atoms with van der Waals surface area (Å²) in [6.45, 7) is 3.50. The summed E-state index contributed by atoms with van der Waals surface area (Å²) in [5.41, 5.74) is 4.70. The van der Waals surface area contributed by atoms with Crippen LogP contribution in [0.5, 0.6) is 0 Å². The quantitative estimate of drug-likeness (QED) is 0.350. The Morgan fingerprint density at radius 3 is 2.58 bits per heavy atom. The number of hydrogen-bond acceptors (Lipinski definition) is 2. The maximum absolute atomic E-state index is 15.1. The third-order valence-electron chi connectivity index (χ3n) is 5.94. The summed E-state index contributed by atoms with van der Waals surface area (Å²) in [5.74, 6) is -0.831. The lowest BCUT2D eigenvalue weighted by Gasteiger charge is -2.18. The second-order valence-electron chi connectivity index (χ2n) is 8.34. The Balaban J connectivity index is 1.78. The molecule has 1 unspecified atom stereocenters. The number of hydrogen-bond donors (Lipinski definition) is 1. The lowest BCUT2D eigenvalue weighted by Crippen LogP contribution is -2.28. The Morgan fingerprint density at radius 2 is 1.79 bits per heavy atom. The summed E-state index contributed by atoms with van der Waals surface area (Å²) in [4.78, 5) is 12.8. The molecule has 33 heavy (non-hydrogen) atoms. The number of carbonyl (C=O) groups is 1. The van der Waals surface area contributed by atoms with Crippen LogP contribution >= 0.6 is 0 Å². The minimum atomic E-state index is -0.408. The maximum atomic E-state index is 15.1. The molecule has 0 aliphatic carbocycles. The van der Waals surface area contributed by atoms with Crippen molar-refractivity contribution < 1.29 is 13.9 Å². The predicted octanol–water partition coefficient (Wildman–Crippen LogP) is 5.42. The monoisotopic (exact) mass is 444 g/mol. The third kappa shape index (κ3) is 5.32. The Labute approximate surface area is 194 Å². The standard InChI is InChI=1S/C28H29FN2O2/c1-20-12-13-26(29)24(16-20)23(17-28(32)30-14-15-33-2)25-19-31(18-21-8-4-3-5-9-21)27-11-7-6-10-22(25)27/h3-13,16,19,23H,14-15,17-18H2,1-2H3,(H,30,32). The minimum absolute atomic E-state index is 0.127. The van der Waals surface area contributed by atoms with E-state index < -0.39 is 5.92 Å². The first-order chi connectivity index (χ1) is 16.1. The van der Waals surface area contributed by atoms with Crippen molar-refractivity contribution >= 4 is 16.8 Å². The lowest BCUT2D eigenvalue weighted by atomic mass is 9.87. The maximum Gasteiger partial charge on any atom is 0.221 e. The van der Waals surface area contributed by atoms with Gasteiger partial charge in [0.25, 0.3) is 0 Å². The van der Waals surface area contributed by atoms with E-state index >= 15 is 4.39 Å². The van der Waals surface area contributed by atoms with E-state index in [1.54, 1.807) is 13.2 Å². The van der Waals surface area contributed by atoms with Crippen LogP contribution in [0.4, 0.5) is 4.39 Å². The van der Waals surface area contributed by atoms with Gasteiger partial charge in [-0.15, -0.1) is 0 Å². The summed E-state index contributed by atoms with van der Waals surface area (Å²) in [6, 6.07) is 23.5. The van der Waals surface area contributed by atoms with Crippen LogP contribution in [0.15, 0.2) is 79.0 Å². The molecule has 0 aliphatic rings. The molecule has 4 aromatic rings. The molecule has 1 amide bonds. The van der Waals surface area contributed by atoms with Crippen LogP contribution in [-0.2, 0) is 16.1 Å². The molecule has 1 aromatic heterocycles. The number of aromatic nitrogens is 1. The molecular formula is C28H29FN2O2. The Morgan fingerprint density at radius 1 is 1.03 bits per heavy atom. The fraction of sp³-hybridized carbons (Fsp3) is 0.250. The Bertz CT molecular complexity index is 1230. The Kier molecular flexibility index (Phi) is 7.20. The minimum Gasteiger partial charge on any atom is -0.383 e. The van der Waals surface area contributed by atoms with Crippen molar-refractivity contribution in [2.75, 3.05) is 20.3 Å². The van der Waals surface area contributed by atoms with Gasteiger partial charge in [-0.2, -0.15) is 0 Å². The fourth-order valence-corrected chi connectivity index (χ4v) is 4.33. The van der Waals surface area contributed by atoms with Crippen LogP contribution in [0.25, 0.3) is 10.9 Å². The average molecular weight is 445 g/mol. The second-order valence-corrected chi connectivity index (χ2v) is 8.34. The molecule has 5 heteroatoms. The predicted molar refractivity (Wildman–Crippen MR) is 130 cm³/mol. The fourth-order valence-electron chi connectivity index (χ4n) is 4.33. The molecule has 4 nitrogen and oxygen atoms in total. The van der Waals surface area contributed by atoms with Gasteiger partial charge < -0.3 is 14.6 Å². The third-order valence-corrected chi connectivity index (χ3v) is 5.94. The molecular weight excluding hydrogens is 415 g/mol. The number of benzene rings is 3. The van der Waals surface area contributed by atoms with Crippen LogP contribution in [0.1, 0.15) is 34.6 Å². The molecule has 0 saturated carbocycles. The van der Waals surface area contributed by atoms with E-state index in [1.807, 2.05) is 43.3 Å². The highest BCUT2D eigenvalue weighted by Gasteiger charge is 2.25. The number of amides is 1. The highest BCUT2D eigenvalue weighted by molar-refractivity contribution is 5.86. The molecule has 0 fully saturated rings. The number of para-hydroxylation sites is 1. The van der Waals surface area contributed by atoms with Gasteiger partial charge in [-0.05, 0) is 35.7 Å². The molecule has 0 bridgehead atoms. The number of methoxy groups -OCH3 is 1. The summed E-state index contributed by atoms with van der Waals surface area (Å²) in [6.07, 6.45) is 2.23. The van der Waals surface area contributed by atoms with Crippen molar-refractivity contribution in [3.05, 3.63) is 107 Å². The molecule has 1 atom stereocenters. The van der Waals surface area contributed by atoms with Crippen LogP contribution in [0, 0.1) is 12.7 Å². The first-order valence-electron chi connectivity index (χ1n) is 11.2. The number of nitrogens with zero attached hydrogens (tertiary/aromatic N) is 1. The summed E-state index contributed by atoms with van der Waals surface area (Å²) < 4.78 is 22.3. The van der Waals surface area contributed by atoms with Crippen molar-refractivity contribution in [3.8, 4) is 0 Å². The molecule has 0 spiro atoms. The number of rotatable bonds is 9. The molecule has 1 N–H and O–H groups in total. The smallest absolute Gasteiger partial charge is 0.221 e. The zero-order valence-electron chi connectivity index (χ0n) is 19.1.